The van der Waals surface area contributed by atoms with Gasteiger partial charge in [0.2, 0.25) is 5.91 Å². The van der Waals surface area contributed by atoms with Gasteiger partial charge in [0.05, 0.1) is 13.5 Å². The number of aromatic nitrogens is 2. The number of nitrogens with one attached hydrogen (secondary N) is 2. The van der Waals surface area contributed by atoms with Crippen molar-refractivity contribution in [2.75, 3.05) is 13.7 Å². The highest BCUT2D eigenvalue weighted by Crippen LogP contribution is 2.17. The Morgan fingerprint density at radius 3 is 2.84 bits per heavy atom. The largest absolute Gasteiger partial charge is 0.496 e. The van der Waals surface area contributed by atoms with Crippen LogP contribution in [0.25, 0.3) is 10.9 Å². The van der Waals surface area contributed by atoms with Crippen LogP contribution in [-0.2, 0) is 17.8 Å². The fourth-order valence-electron chi connectivity index (χ4n) is 2.92. The van der Waals surface area contributed by atoms with Crippen molar-refractivity contribution in [3.05, 3.63) is 64.2 Å². The molecule has 0 aliphatic rings. The number of pyridine rings is 1. The molecule has 25 heavy (non-hydrogen) atoms. The first kappa shape index (κ1) is 16.8. The predicted molar refractivity (Wildman–Crippen MR) is 97.0 cm³/mol. The number of aryl methyl sites for hydroxylation is 1. The van der Waals surface area contributed by atoms with E-state index in [9.17, 15) is 9.59 Å². The summed E-state index contributed by atoms with van der Waals surface area (Å²) >= 11 is 0. The average molecular weight is 339 g/mol. The van der Waals surface area contributed by atoms with Gasteiger partial charge in [-0.1, -0.05) is 18.2 Å². The molecule has 0 radical (unpaired) electrons. The molecule has 1 aromatic carbocycles. The van der Waals surface area contributed by atoms with Crippen LogP contribution < -0.4 is 15.6 Å². The highest BCUT2D eigenvalue weighted by Gasteiger charge is 2.09. The second-order valence-electron chi connectivity index (χ2n) is 5.91. The van der Waals surface area contributed by atoms with E-state index in [0.717, 1.165) is 22.2 Å². The van der Waals surface area contributed by atoms with Crippen LogP contribution in [0.5, 0.6) is 5.75 Å². The van der Waals surface area contributed by atoms with Crippen molar-refractivity contribution >= 4 is 16.8 Å². The standard InChI is InChI=1S/C19H21N3O3/c1-13-9-15(25-2)11-19(24)22(13)8-7-20-18(23)10-14-12-21-17-6-4-3-5-16(14)17/h3-6,9,11-12,21H,7-8,10H2,1-2H3,(H,20,23). The third-order valence-electron chi connectivity index (χ3n) is 4.23. The second kappa shape index (κ2) is 7.25. The van der Waals surface area contributed by atoms with Gasteiger partial charge < -0.3 is 19.6 Å². The van der Waals surface area contributed by atoms with Crippen molar-refractivity contribution in [3.63, 3.8) is 0 Å². The summed E-state index contributed by atoms with van der Waals surface area (Å²) in [4.78, 5) is 27.4. The van der Waals surface area contributed by atoms with Crippen molar-refractivity contribution in [2.45, 2.75) is 19.9 Å². The molecule has 130 valence electrons. The van der Waals surface area contributed by atoms with E-state index in [2.05, 4.69) is 10.3 Å². The Morgan fingerprint density at radius 2 is 2.08 bits per heavy atom. The number of nitrogens with zero attached hydrogens (tertiary/aromatic N) is 1. The minimum Gasteiger partial charge on any atom is -0.496 e. The minimum atomic E-state index is -0.136. The number of para-hydroxylation sites is 1. The second-order valence-corrected chi connectivity index (χ2v) is 5.91. The first-order chi connectivity index (χ1) is 12.1. The van der Waals surface area contributed by atoms with E-state index in [0.29, 0.717) is 25.3 Å². The van der Waals surface area contributed by atoms with E-state index in [1.54, 1.807) is 10.6 Å². The summed E-state index contributed by atoms with van der Waals surface area (Å²) in [7, 11) is 1.53. The molecule has 0 spiro atoms. The van der Waals surface area contributed by atoms with Gasteiger partial charge in [0, 0.05) is 41.9 Å². The Morgan fingerprint density at radius 1 is 1.28 bits per heavy atom. The number of hydrogen-bond acceptors (Lipinski definition) is 3. The van der Waals surface area contributed by atoms with Gasteiger partial charge in [0.1, 0.15) is 5.75 Å². The number of hydrogen-bond donors (Lipinski definition) is 2. The van der Waals surface area contributed by atoms with Crippen molar-refractivity contribution in [2.24, 2.45) is 0 Å². The van der Waals surface area contributed by atoms with Crippen molar-refractivity contribution in [3.8, 4) is 5.75 Å². The highest BCUT2D eigenvalue weighted by atomic mass is 16.5. The van der Waals surface area contributed by atoms with Crippen molar-refractivity contribution in [1.29, 1.82) is 0 Å². The van der Waals surface area contributed by atoms with Crippen LogP contribution in [0.3, 0.4) is 0 Å². The number of fused-ring (bicyclic) bond motifs is 1. The summed E-state index contributed by atoms with van der Waals surface area (Å²) in [5, 5.41) is 3.93. The van der Waals surface area contributed by atoms with E-state index in [-0.39, 0.29) is 11.5 Å². The Balaban J connectivity index is 1.59. The molecule has 2 N–H and O–H groups in total. The lowest BCUT2D eigenvalue weighted by Gasteiger charge is -2.12. The zero-order valence-electron chi connectivity index (χ0n) is 14.3. The third-order valence-corrected chi connectivity index (χ3v) is 4.23. The van der Waals surface area contributed by atoms with Crippen LogP contribution in [-0.4, -0.2) is 29.1 Å². The summed E-state index contributed by atoms with van der Waals surface area (Å²) in [5.74, 6) is 0.478. The Labute approximate surface area is 145 Å². The molecule has 2 aromatic heterocycles. The van der Waals surface area contributed by atoms with Gasteiger partial charge in [-0.15, -0.1) is 0 Å². The summed E-state index contributed by atoms with van der Waals surface area (Å²) in [6, 6.07) is 11.1. The predicted octanol–water partition coefficient (Wildman–Crippen LogP) is 2.01. The molecule has 6 nitrogen and oxygen atoms in total. The maximum atomic E-state index is 12.2. The normalized spacial score (nSPS) is 10.8. The van der Waals surface area contributed by atoms with Crippen molar-refractivity contribution < 1.29 is 9.53 Å². The van der Waals surface area contributed by atoms with Gasteiger partial charge in [-0.3, -0.25) is 9.59 Å². The zero-order valence-corrected chi connectivity index (χ0v) is 14.3. The molecule has 6 heteroatoms. The quantitative estimate of drug-likeness (QED) is 0.721. The molecule has 0 aliphatic carbocycles. The summed E-state index contributed by atoms with van der Waals surface area (Å²) in [6.07, 6.45) is 2.17. The van der Waals surface area contributed by atoms with Crippen LogP contribution in [0.1, 0.15) is 11.3 Å². The van der Waals surface area contributed by atoms with Gasteiger partial charge in [-0.05, 0) is 24.6 Å². The molecule has 3 aromatic rings. The lowest BCUT2D eigenvalue weighted by molar-refractivity contribution is -0.120. The molecule has 1 amide bonds. The van der Waals surface area contributed by atoms with Gasteiger partial charge in [0.15, 0.2) is 0 Å². The molecule has 0 bridgehead atoms. The first-order valence-electron chi connectivity index (χ1n) is 8.15. The fourth-order valence-corrected chi connectivity index (χ4v) is 2.92. The highest BCUT2D eigenvalue weighted by molar-refractivity contribution is 5.88. The van der Waals surface area contributed by atoms with Gasteiger partial charge >= 0.3 is 0 Å². The number of amides is 1. The van der Waals surface area contributed by atoms with Crippen LogP contribution in [0.2, 0.25) is 0 Å². The number of H-pyrrole nitrogens is 1. The summed E-state index contributed by atoms with van der Waals surface area (Å²) < 4.78 is 6.70. The van der Waals surface area contributed by atoms with Crippen molar-refractivity contribution in [1.82, 2.24) is 14.9 Å². The molecule has 0 unspecified atom stereocenters. The Bertz CT molecular complexity index is 956. The topological polar surface area (TPSA) is 76.1 Å². The lowest BCUT2D eigenvalue weighted by Crippen LogP contribution is -2.32. The SMILES string of the molecule is COc1cc(C)n(CCNC(=O)Cc2c[nH]c3ccccc23)c(=O)c1. The van der Waals surface area contributed by atoms with Crippen LogP contribution in [0.4, 0.5) is 0 Å². The molecular weight excluding hydrogens is 318 g/mol. The molecule has 3 rings (SSSR count). The minimum absolute atomic E-state index is 0.0658. The van der Waals surface area contributed by atoms with Crippen LogP contribution in [0.15, 0.2) is 47.4 Å². The smallest absolute Gasteiger partial charge is 0.254 e. The molecule has 0 atom stereocenters. The first-order valence-corrected chi connectivity index (χ1v) is 8.15. The number of benzene rings is 1. The Hall–Kier alpha value is -3.02. The number of aromatic amines is 1. The summed E-state index contributed by atoms with van der Waals surface area (Å²) in [6.45, 7) is 2.67. The number of ether oxygens (including phenoxy) is 1. The van der Waals surface area contributed by atoms with E-state index < -0.39 is 0 Å². The van der Waals surface area contributed by atoms with E-state index in [1.807, 2.05) is 37.4 Å². The molecule has 0 aliphatic heterocycles. The van der Waals surface area contributed by atoms with Gasteiger partial charge in [-0.25, -0.2) is 0 Å². The maximum Gasteiger partial charge on any atom is 0.254 e. The molecule has 0 fully saturated rings. The van der Waals surface area contributed by atoms with E-state index in [4.69, 9.17) is 4.74 Å². The number of methoxy groups -OCH3 is 1. The summed E-state index contributed by atoms with van der Waals surface area (Å²) in [5.41, 5.74) is 2.65. The number of carbonyl (C=O) groups excluding carboxylic acids is 1. The monoisotopic (exact) mass is 339 g/mol. The fraction of sp³-hybridized carbons (Fsp3) is 0.263. The van der Waals surface area contributed by atoms with Crippen LogP contribution in [0, 0.1) is 6.92 Å². The third kappa shape index (κ3) is 3.74. The van der Waals surface area contributed by atoms with Crippen LogP contribution >= 0.6 is 0 Å². The molecule has 2 heterocycles. The average Bonchev–Trinajstić information content (AvgIpc) is 3.00. The lowest BCUT2D eigenvalue weighted by atomic mass is 10.1. The van der Waals surface area contributed by atoms with E-state index >= 15 is 0 Å². The van der Waals surface area contributed by atoms with Gasteiger partial charge in [0.25, 0.3) is 5.56 Å². The molecular formula is C19H21N3O3. The van der Waals surface area contributed by atoms with Gasteiger partial charge in [-0.2, -0.15) is 0 Å². The number of carbonyl (C=O) groups is 1. The Kier molecular flexibility index (Phi) is 4.88. The maximum absolute atomic E-state index is 12.2. The zero-order chi connectivity index (χ0) is 17.8. The van der Waals surface area contributed by atoms with E-state index in [1.165, 1.54) is 13.2 Å². The number of rotatable bonds is 6. The molecule has 0 saturated heterocycles. The molecule has 0 saturated carbocycles.